The number of hydrogen-bond donors (Lipinski definition) is 1. The van der Waals surface area contributed by atoms with Crippen LogP contribution >= 0.6 is 0 Å². The zero-order valence-electron chi connectivity index (χ0n) is 12.6. The molecule has 0 aliphatic carbocycles. The van der Waals surface area contributed by atoms with Crippen LogP contribution in [0, 0.1) is 10.1 Å². The highest BCUT2D eigenvalue weighted by Crippen LogP contribution is 2.18. The summed E-state index contributed by atoms with van der Waals surface area (Å²) in [4.78, 5) is 23.9. The van der Waals surface area contributed by atoms with E-state index in [1.54, 1.807) is 13.1 Å². The average molecular weight is 316 g/mol. The fraction of sp³-hybridized carbons (Fsp3) is 0.357. The summed E-state index contributed by atoms with van der Waals surface area (Å²) in [5.41, 5.74) is 0.309. The van der Waals surface area contributed by atoms with Crippen LogP contribution in [0.2, 0.25) is 0 Å². The summed E-state index contributed by atoms with van der Waals surface area (Å²) in [6.45, 7) is 1.20. The lowest BCUT2D eigenvalue weighted by Crippen LogP contribution is -2.31. The van der Waals surface area contributed by atoms with E-state index in [-0.39, 0.29) is 11.7 Å². The second kappa shape index (κ2) is 6.03. The van der Waals surface area contributed by atoms with E-state index in [1.807, 2.05) is 4.57 Å². The third-order valence-electron chi connectivity index (χ3n) is 3.72. The Morgan fingerprint density at radius 3 is 3.09 bits per heavy atom. The minimum absolute atomic E-state index is 0.0688. The summed E-state index contributed by atoms with van der Waals surface area (Å²) in [5, 5.41) is 21.6. The number of aryl methyl sites for hydroxylation is 1. The van der Waals surface area contributed by atoms with Gasteiger partial charge in [0.05, 0.1) is 11.5 Å². The van der Waals surface area contributed by atoms with Crippen molar-refractivity contribution >= 4 is 17.4 Å². The minimum Gasteiger partial charge on any atom is -0.320 e. The molecule has 1 aromatic carbocycles. The van der Waals surface area contributed by atoms with Crippen molar-refractivity contribution in [3.05, 3.63) is 46.0 Å². The van der Waals surface area contributed by atoms with E-state index in [2.05, 4.69) is 15.5 Å². The molecule has 0 radical (unpaired) electrons. The second-order valence-electron chi connectivity index (χ2n) is 5.38. The lowest BCUT2D eigenvalue weighted by Gasteiger charge is -2.17. The molecular formula is C14H16N6O3. The Labute approximate surface area is 132 Å². The Morgan fingerprint density at radius 2 is 2.30 bits per heavy atom. The largest absolute Gasteiger partial charge is 0.321 e. The normalized spacial score (nSPS) is 12.7. The number of nitrogens with one attached hydrogen (secondary N) is 1. The van der Waals surface area contributed by atoms with Gasteiger partial charge < -0.3 is 14.8 Å². The Hall–Kier alpha value is -2.97. The first-order valence-corrected chi connectivity index (χ1v) is 7.22. The van der Waals surface area contributed by atoms with Crippen molar-refractivity contribution in [2.75, 3.05) is 12.4 Å². The van der Waals surface area contributed by atoms with Crippen LogP contribution < -0.4 is 5.32 Å². The van der Waals surface area contributed by atoms with E-state index in [1.165, 1.54) is 23.1 Å². The molecule has 0 spiro atoms. The highest BCUT2D eigenvalue weighted by atomic mass is 16.6. The molecule has 2 amide bonds. The smallest absolute Gasteiger partial charge is 0.320 e. The fourth-order valence-corrected chi connectivity index (χ4v) is 2.53. The standard InChI is InChI=1S/C14H16N6O3/c1-18(9-13-17-16-12-6-3-7-19(12)13)14(21)15-10-4-2-5-11(8-10)20(22)23/h2,4-5,8H,3,6-7,9H2,1H3,(H,15,21). The van der Waals surface area contributed by atoms with Crippen molar-refractivity contribution in [2.24, 2.45) is 0 Å². The molecule has 120 valence electrons. The number of benzene rings is 1. The molecule has 9 nitrogen and oxygen atoms in total. The average Bonchev–Trinajstić information content (AvgIpc) is 3.12. The van der Waals surface area contributed by atoms with Gasteiger partial charge in [-0.05, 0) is 12.5 Å². The highest BCUT2D eigenvalue weighted by Gasteiger charge is 2.20. The van der Waals surface area contributed by atoms with Gasteiger partial charge in [-0.25, -0.2) is 4.79 Å². The molecule has 0 unspecified atom stereocenters. The van der Waals surface area contributed by atoms with E-state index >= 15 is 0 Å². The Balaban J connectivity index is 1.65. The van der Waals surface area contributed by atoms with Crippen LogP contribution in [-0.4, -0.2) is 37.7 Å². The van der Waals surface area contributed by atoms with Crippen molar-refractivity contribution in [2.45, 2.75) is 25.9 Å². The molecule has 1 aromatic heterocycles. The van der Waals surface area contributed by atoms with Crippen molar-refractivity contribution < 1.29 is 9.72 Å². The number of hydrogen-bond acceptors (Lipinski definition) is 5. The van der Waals surface area contributed by atoms with Gasteiger partial charge in [0, 0.05) is 37.8 Å². The molecule has 3 rings (SSSR count). The molecule has 1 aliphatic heterocycles. The van der Waals surface area contributed by atoms with Crippen LogP contribution in [0.25, 0.3) is 0 Å². The fourth-order valence-electron chi connectivity index (χ4n) is 2.53. The lowest BCUT2D eigenvalue weighted by molar-refractivity contribution is -0.384. The zero-order chi connectivity index (χ0) is 16.4. The predicted molar refractivity (Wildman–Crippen MR) is 81.9 cm³/mol. The van der Waals surface area contributed by atoms with Crippen molar-refractivity contribution in [3.8, 4) is 0 Å². The maximum Gasteiger partial charge on any atom is 0.321 e. The van der Waals surface area contributed by atoms with Crippen LogP contribution in [0.5, 0.6) is 0 Å². The van der Waals surface area contributed by atoms with Crippen molar-refractivity contribution in [1.82, 2.24) is 19.7 Å². The Morgan fingerprint density at radius 1 is 1.48 bits per heavy atom. The summed E-state index contributed by atoms with van der Waals surface area (Å²) in [5.74, 6) is 1.70. The minimum atomic E-state index is -0.501. The molecule has 23 heavy (non-hydrogen) atoms. The van der Waals surface area contributed by atoms with E-state index < -0.39 is 4.92 Å². The van der Waals surface area contributed by atoms with Gasteiger partial charge in [0.1, 0.15) is 5.82 Å². The van der Waals surface area contributed by atoms with Gasteiger partial charge in [0.25, 0.3) is 5.69 Å². The van der Waals surface area contributed by atoms with E-state index in [9.17, 15) is 14.9 Å². The summed E-state index contributed by atoms with van der Waals surface area (Å²) >= 11 is 0. The number of aromatic nitrogens is 3. The number of rotatable bonds is 4. The van der Waals surface area contributed by atoms with Gasteiger partial charge in [-0.1, -0.05) is 6.07 Å². The number of nitro benzene ring substituents is 1. The molecule has 0 bridgehead atoms. The van der Waals surface area contributed by atoms with Gasteiger partial charge in [0.15, 0.2) is 5.82 Å². The highest BCUT2D eigenvalue weighted by molar-refractivity contribution is 5.89. The number of non-ortho nitro benzene ring substituents is 1. The zero-order valence-corrected chi connectivity index (χ0v) is 12.6. The van der Waals surface area contributed by atoms with E-state index in [4.69, 9.17) is 0 Å². The Kier molecular flexibility index (Phi) is 3.92. The number of urea groups is 1. The Bertz CT molecular complexity index is 757. The third kappa shape index (κ3) is 3.12. The molecular weight excluding hydrogens is 300 g/mol. The van der Waals surface area contributed by atoms with Crippen molar-refractivity contribution in [3.63, 3.8) is 0 Å². The summed E-state index contributed by atoms with van der Waals surface area (Å²) in [6, 6.07) is 5.47. The van der Waals surface area contributed by atoms with Crippen LogP contribution in [0.3, 0.4) is 0 Å². The van der Waals surface area contributed by atoms with Crippen molar-refractivity contribution in [1.29, 1.82) is 0 Å². The summed E-state index contributed by atoms with van der Waals surface area (Å²) < 4.78 is 2.02. The number of anilines is 1. The maximum atomic E-state index is 12.2. The van der Waals surface area contributed by atoms with Gasteiger partial charge in [0.2, 0.25) is 0 Å². The number of carbonyl (C=O) groups is 1. The topological polar surface area (TPSA) is 106 Å². The number of nitrogens with zero attached hydrogens (tertiary/aromatic N) is 5. The number of amides is 2. The van der Waals surface area contributed by atoms with E-state index in [0.29, 0.717) is 12.2 Å². The molecule has 1 aliphatic rings. The molecule has 1 N–H and O–H groups in total. The molecule has 0 saturated heterocycles. The monoisotopic (exact) mass is 316 g/mol. The number of carbonyl (C=O) groups excluding carboxylic acids is 1. The molecule has 0 fully saturated rings. The maximum absolute atomic E-state index is 12.2. The van der Waals surface area contributed by atoms with Crippen LogP contribution in [0.15, 0.2) is 24.3 Å². The molecule has 9 heteroatoms. The summed E-state index contributed by atoms with van der Waals surface area (Å²) in [6.07, 6.45) is 1.96. The van der Waals surface area contributed by atoms with E-state index in [0.717, 1.165) is 31.0 Å². The molecule has 2 heterocycles. The quantitative estimate of drug-likeness (QED) is 0.683. The van der Waals surface area contributed by atoms with Crippen LogP contribution in [0.1, 0.15) is 18.1 Å². The van der Waals surface area contributed by atoms with Gasteiger partial charge in [-0.3, -0.25) is 10.1 Å². The predicted octanol–water partition coefficient (Wildman–Crippen LogP) is 1.80. The second-order valence-corrected chi connectivity index (χ2v) is 5.38. The van der Waals surface area contributed by atoms with Gasteiger partial charge >= 0.3 is 6.03 Å². The lowest BCUT2D eigenvalue weighted by atomic mass is 10.3. The van der Waals surface area contributed by atoms with Gasteiger partial charge in [-0.15, -0.1) is 10.2 Å². The molecule has 0 saturated carbocycles. The van der Waals surface area contributed by atoms with Gasteiger partial charge in [-0.2, -0.15) is 0 Å². The number of fused-ring (bicyclic) bond motifs is 1. The first-order chi connectivity index (χ1) is 11.0. The van der Waals surface area contributed by atoms with Crippen LogP contribution in [0.4, 0.5) is 16.2 Å². The third-order valence-corrected chi connectivity index (χ3v) is 3.72. The first kappa shape index (κ1) is 14.9. The molecule has 0 atom stereocenters. The number of nitro groups is 1. The first-order valence-electron chi connectivity index (χ1n) is 7.22. The summed E-state index contributed by atoms with van der Waals surface area (Å²) in [7, 11) is 1.64. The van der Waals surface area contributed by atoms with Crippen LogP contribution in [-0.2, 0) is 19.5 Å². The SMILES string of the molecule is CN(Cc1nnc2n1CCC2)C(=O)Nc1cccc([N+](=O)[O-])c1. The molecule has 2 aromatic rings.